The number of carboxylic acids is 1. The van der Waals surface area contributed by atoms with Crippen molar-refractivity contribution in [2.45, 2.75) is 26.1 Å². The largest absolute Gasteiger partial charge is 0.478 e. The van der Waals surface area contributed by atoms with Gasteiger partial charge in [-0.2, -0.15) is 0 Å². The Morgan fingerprint density at radius 1 is 1.00 bits per heavy atom. The fourth-order valence-corrected chi connectivity index (χ4v) is 1.80. The molecule has 1 rings (SSSR count). The first-order valence-corrected chi connectivity index (χ1v) is 6.26. The summed E-state index contributed by atoms with van der Waals surface area (Å²) in [6.07, 6.45) is -3.61. The van der Waals surface area contributed by atoms with Gasteiger partial charge < -0.3 is 24.2 Å². The third-order valence-corrected chi connectivity index (χ3v) is 2.67. The molecular weight excluding hydrogens is 286 g/mol. The SMILES string of the molecule is CC(=O)OC(C(=O)O)C(OC(C)=O)C(=O)N1CCOCC1. The van der Waals surface area contributed by atoms with Gasteiger partial charge in [-0.25, -0.2) is 4.79 Å². The van der Waals surface area contributed by atoms with E-state index in [0.717, 1.165) is 13.8 Å². The maximum absolute atomic E-state index is 12.3. The highest BCUT2D eigenvalue weighted by Crippen LogP contribution is 2.12. The van der Waals surface area contributed by atoms with Crippen LogP contribution in [0.15, 0.2) is 0 Å². The van der Waals surface area contributed by atoms with Crippen molar-refractivity contribution in [1.29, 1.82) is 0 Å². The van der Waals surface area contributed by atoms with Crippen LogP contribution < -0.4 is 0 Å². The molecule has 0 saturated carbocycles. The van der Waals surface area contributed by atoms with Crippen molar-refractivity contribution in [1.82, 2.24) is 4.90 Å². The molecule has 9 nitrogen and oxygen atoms in total. The summed E-state index contributed by atoms with van der Waals surface area (Å²) >= 11 is 0. The van der Waals surface area contributed by atoms with Crippen LogP contribution in [-0.4, -0.2) is 72.3 Å². The first kappa shape index (κ1) is 16.9. The predicted octanol–water partition coefficient (Wildman–Crippen LogP) is -1.21. The third-order valence-electron chi connectivity index (χ3n) is 2.67. The second kappa shape index (κ2) is 7.58. The Morgan fingerprint density at radius 3 is 1.90 bits per heavy atom. The van der Waals surface area contributed by atoms with Crippen molar-refractivity contribution in [2.75, 3.05) is 26.3 Å². The minimum absolute atomic E-state index is 0.239. The number of carbonyl (C=O) groups excluding carboxylic acids is 3. The molecule has 0 aromatic carbocycles. The van der Waals surface area contributed by atoms with Gasteiger partial charge in [-0.15, -0.1) is 0 Å². The molecule has 9 heteroatoms. The molecule has 0 bridgehead atoms. The molecular formula is C12H17NO8. The number of carbonyl (C=O) groups is 4. The molecule has 2 unspecified atom stereocenters. The van der Waals surface area contributed by atoms with E-state index in [0.29, 0.717) is 13.2 Å². The van der Waals surface area contributed by atoms with Crippen molar-refractivity contribution in [3.8, 4) is 0 Å². The van der Waals surface area contributed by atoms with Gasteiger partial charge in [0, 0.05) is 26.9 Å². The number of ether oxygens (including phenoxy) is 3. The van der Waals surface area contributed by atoms with Crippen LogP contribution in [0.25, 0.3) is 0 Å². The second-order valence-electron chi connectivity index (χ2n) is 4.34. The minimum Gasteiger partial charge on any atom is -0.478 e. The smallest absolute Gasteiger partial charge is 0.349 e. The second-order valence-corrected chi connectivity index (χ2v) is 4.34. The first-order valence-electron chi connectivity index (χ1n) is 6.26. The van der Waals surface area contributed by atoms with Crippen LogP contribution in [0.1, 0.15) is 13.8 Å². The zero-order valence-corrected chi connectivity index (χ0v) is 11.7. The lowest BCUT2D eigenvalue weighted by molar-refractivity contribution is -0.184. The van der Waals surface area contributed by atoms with Crippen LogP contribution in [0.4, 0.5) is 0 Å². The third kappa shape index (κ3) is 5.03. The zero-order chi connectivity index (χ0) is 16.0. The van der Waals surface area contributed by atoms with Gasteiger partial charge in [-0.1, -0.05) is 0 Å². The predicted molar refractivity (Wildman–Crippen MR) is 66.1 cm³/mol. The minimum atomic E-state index is -1.89. The van der Waals surface area contributed by atoms with E-state index in [4.69, 9.17) is 14.6 Å². The summed E-state index contributed by atoms with van der Waals surface area (Å²) in [7, 11) is 0. The molecule has 2 atom stereocenters. The van der Waals surface area contributed by atoms with Gasteiger partial charge in [0.05, 0.1) is 13.2 Å². The quantitative estimate of drug-likeness (QED) is 0.628. The molecule has 21 heavy (non-hydrogen) atoms. The van der Waals surface area contributed by atoms with Gasteiger partial charge in [0.2, 0.25) is 12.2 Å². The Bertz CT molecular complexity index is 429. The number of hydrogen-bond donors (Lipinski definition) is 1. The van der Waals surface area contributed by atoms with Crippen LogP contribution in [0, 0.1) is 0 Å². The maximum Gasteiger partial charge on any atom is 0.349 e. The van der Waals surface area contributed by atoms with E-state index in [2.05, 4.69) is 4.74 Å². The lowest BCUT2D eigenvalue weighted by Gasteiger charge is -2.31. The van der Waals surface area contributed by atoms with Crippen LogP contribution >= 0.6 is 0 Å². The van der Waals surface area contributed by atoms with E-state index in [-0.39, 0.29) is 13.1 Å². The highest BCUT2D eigenvalue weighted by molar-refractivity contribution is 5.91. The highest BCUT2D eigenvalue weighted by Gasteiger charge is 2.41. The Balaban J connectivity index is 2.94. The summed E-state index contributed by atoms with van der Waals surface area (Å²) in [6, 6.07) is 0. The molecule has 1 N–H and O–H groups in total. The number of amides is 1. The van der Waals surface area contributed by atoms with Crippen LogP contribution in [0.2, 0.25) is 0 Å². The molecule has 118 valence electrons. The Hall–Kier alpha value is -2.16. The van der Waals surface area contributed by atoms with E-state index in [1.807, 2.05) is 0 Å². The van der Waals surface area contributed by atoms with Crippen molar-refractivity contribution in [3.05, 3.63) is 0 Å². The zero-order valence-electron chi connectivity index (χ0n) is 11.7. The summed E-state index contributed by atoms with van der Waals surface area (Å²) in [5.41, 5.74) is 0. The summed E-state index contributed by atoms with van der Waals surface area (Å²) in [6.45, 7) is 3.10. The van der Waals surface area contributed by atoms with Gasteiger partial charge in [0.15, 0.2) is 0 Å². The molecule has 1 amide bonds. The number of morpholine rings is 1. The average Bonchev–Trinajstić information content (AvgIpc) is 2.42. The molecule has 1 aliphatic rings. The van der Waals surface area contributed by atoms with Crippen molar-refractivity contribution in [3.63, 3.8) is 0 Å². The van der Waals surface area contributed by atoms with Gasteiger partial charge >= 0.3 is 17.9 Å². The van der Waals surface area contributed by atoms with E-state index >= 15 is 0 Å². The molecule has 0 aliphatic carbocycles. The number of hydrogen-bond acceptors (Lipinski definition) is 7. The number of esters is 2. The number of nitrogens with zero attached hydrogens (tertiary/aromatic N) is 1. The van der Waals surface area contributed by atoms with Gasteiger partial charge in [0.1, 0.15) is 0 Å². The molecule has 1 heterocycles. The van der Waals surface area contributed by atoms with Crippen molar-refractivity contribution < 1.29 is 38.5 Å². The van der Waals surface area contributed by atoms with Crippen LogP contribution in [-0.2, 0) is 33.4 Å². The Labute approximate surface area is 120 Å². The van der Waals surface area contributed by atoms with Crippen molar-refractivity contribution in [2.24, 2.45) is 0 Å². The molecule has 1 saturated heterocycles. The van der Waals surface area contributed by atoms with E-state index in [1.54, 1.807) is 0 Å². The van der Waals surface area contributed by atoms with Crippen LogP contribution in [0.3, 0.4) is 0 Å². The summed E-state index contributed by atoms with van der Waals surface area (Å²) in [4.78, 5) is 46.9. The number of rotatable bonds is 5. The van der Waals surface area contributed by atoms with Crippen LogP contribution in [0.5, 0.6) is 0 Å². The molecule has 0 spiro atoms. The monoisotopic (exact) mass is 303 g/mol. The molecule has 0 aromatic heterocycles. The highest BCUT2D eigenvalue weighted by atomic mass is 16.6. The maximum atomic E-state index is 12.3. The molecule has 1 aliphatic heterocycles. The van der Waals surface area contributed by atoms with E-state index in [1.165, 1.54) is 4.90 Å². The average molecular weight is 303 g/mol. The number of aliphatic carboxylic acids is 1. The normalized spacial score (nSPS) is 17.5. The lowest BCUT2D eigenvalue weighted by atomic mass is 10.1. The van der Waals surface area contributed by atoms with Crippen molar-refractivity contribution >= 4 is 23.8 Å². The fourth-order valence-electron chi connectivity index (χ4n) is 1.80. The lowest BCUT2D eigenvalue weighted by Crippen LogP contribution is -2.53. The van der Waals surface area contributed by atoms with Gasteiger partial charge in [0.25, 0.3) is 5.91 Å². The summed E-state index contributed by atoms with van der Waals surface area (Å²) in [5.74, 6) is -4.05. The Kier molecular flexibility index (Phi) is 6.10. The fraction of sp³-hybridized carbons (Fsp3) is 0.667. The summed E-state index contributed by atoms with van der Waals surface area (Å²) < 4.78 is 14.4. The topological polar surface area (TPSA) is 119 Å². The first-order chi connectivity index (χ1) is 9.82. The standard InChI is InChI=1S/C12H17NO8/c1-7(14)20-9(10(12(17)18)21-8(2)15)11(16)13-3-5-19-6-4-13/h9-10H,3-6H2,1-2H3,(H,17,18). The van der Waals surface area contributed by atoms with Gasteiger partial charge in [-0.05, 0) is 0 Å². The van der Waals surface area contributed by atoms with E-state index < -0.39 is 36.0 Å². The molecule has 1 fully saturated rings. The number of carboxylic acid groups (broad SMARTS) is 1. The van der Waals surface area contributed by atoms with Gasteiger partial charge in [-0.3, -0.25) is 14.4 Å². The van der Waals surface area contributed by atoms with E-state index in [9.17, 15) is 19.2 Å². The molecule has 0 aromatic rings. The summed E-state index contributed by atoms with van der Waals surface area (Å²) in [5, 5.41) is 9.09. The Morgan fingerprint density at radius 2 is 1.48 bits per heavy atom. The molecule has 0 radical (unpaired) electrons.